The number of fused-ring (bicyclic) bond motifs is 4. The van der Waals surface area contributed by atoms with Crippen LogP contribution in [0.4, 0.5) is 0 Å². The molecule has 0 saturated heterocycles. The highest BCUT2D eigenvalue weighted by Gasteiger charge is 2.36. The number of hydrogen-bond acceptors (Lipinski definition) is 8. The van der Waals surface area contributed by atoms with E-state index in [1.807, 2.05) is 64.1 Å². The lowest BCUT2D eigenvalue weighted by atomic mass is 9.98. The normalized spacial score (nSPS) is 14.0. The van der Waals surface area contributed by atoms with Crippen molar-refractivity contribution in [2.45, 2.75) is 48.0 Å². The number of amides is 8. The van der Waals surface area contributed by atoms with Crippen LogP contribution in [0.15, 0.2) is 109 Å². The molecule has 12 nitrogen and oxygen atoms in total. The fourth-order valence-electron chi connectivity index (χ4n) is 6.93. The summed E-state index contributed by atoms with van der Waals surface area (Å²) in [5, 5.41) is 0. The smallest absolute Gasteiger partial charge is 0.261 e. The van der Waals surface area contributed by atoms with Crippen molar-refractivity contribution in [1.82, 2.24) is 19.6 Å². The lowest BCUT2D eigenvalue weighted by molar-refractivity contribution is 0.0677. The number of benzene rings is 5. The maximum Gasteiger partial charge on any atom is 0.261 e. The Morgan fingerprint density at radius 1 is 0.295 bits per heavy atom. The molecule has 0 bridgehead atoms. The van der Waals surface area contributed by atoms with Crippen LogP contribution in [0, 0.1) is 0 Å². The van der Waals surface area contributed by atoms with E-state index in [9.17, 15) is 38.4 Å². The van der Waals surface area contributed by atoms with Crippen LogP contribution in [0.1, 0.15) is 140 Å². The van der Waals surface area contributed by atoms with Gasteiger partial charge in [-0.1, -0.05) is 95.8 Å². The van der Waals surface area contributed by atoms with Gasteiger partial charge in [0.25, 0.3) is 47.3 Å². The Bertz CT molecular complexity index is 2220. The summed E-state index contributed by atoms with van der Waals surface area (Å²) < 4.78 is 0. The van der Waals surface area contributed by atoms with Crippen molar-refractivity contribution in [2.75, 3.05) is 28.2 Å². The molecule has 9 rings (SSSR count). The van der Waals surface area contributed by atoms with Gasteiger partial charge < -0.3 is 0 Å². The van der Waals surface area contributed by atoms with E-state index in [1.165, 1.54) is 28.2 Å². The van der Waals surface area contributed by atoms with E-state index in [0.717, 1.165) is 41.9 Å². The largest absolute Gasteiger partial charge is 0.277 e. The molecule has 0 N–H and O–H groups in total. The zero-order valence-corrected chi connectivity index (χ0v) is 34.9. The van der Waals surface area contributed by atoms with Gasteiger partial charge in [0, 0.05) is 28.2 Å². The number of imide groups is 4. The van der Waals surface area contributed by atoms with Crippen LogP contribution in [0.25, 0.3) is 0 Å². The van der Waals surface area contributed by atoms with Gasteiger partial charge in [-0.2, -0.15) is 0 Å². The van der Waals surface area contributed by atoms with Crippen molar-refractivity contribution in [3.63, 3.8) is 0 Å². The molecule has 0 fully saturated rings. The SMILES string of the molecule is C.CC.CC.CN1C(=O)c2ccc(Cc3ccc4c(c3)C(=O)N(C)C4=O)cc2C1=O.CN1C(=O)c2ccc(Cc3ccc4c(c3)C(=O)N(C)C4=O)cc2C1=O.c1ccccc1. The van der Waals surface area contributed by atoms with Crippen LogP contribution in [0.5, 0.6) is 0 Å². The molecule has 8 amide bonds. The maximum atomic E-state index is 12.1. The second-order valence-corrected chi connectivity index (χ2v) is 13.7. The molecule has 314 valence electrons. The van der Waals surface area contributed by atoms with Gasteiger partial charge in [-0.3, -0.25) is 58.0 Å². The third-order valence-electron chi connectivity index (χ3n) is 10.1. The summed E-state index contributed by atoms with van der Waals surface area (Å²) in [5.74, 6) is -2.41. The van der Waals surface area contributed by atoms with E-state index < -0.39 is 0 Å². The second kappa shape index (κ2) is 19.6. The molecule has 4 heterocycles. The first-order valence-electron chi connectivity index (χ1n) is 19.6. The fraction of sp³-hybridized carbons (Fsp3) is 0.224. The molecule has 0 radical (unpaired) electrons. The highest BCUT2D eigenvalue weighted by Crippen LogP contribution is 2.28. The van der Waals surface area contributed by atoms with Crippen molar-refractivity contribution in [2.24, 2.45) is 0 Å². The predicted octanol–water partition coefficient (Wildman–Crippen LogP) is 7.83. The Balaban J connectivity index is 0.000000217. The molecule has 0 aliphatic carbocycles. The monoisotopic (exact) mass is 822 g/mol. The van der Waals surface area contributed by atoms with Gasteiger partial charge in [-0.05, 0) is 83.6 Å². The van der Waals surface area contributed by atoms with Gasteiger partial charge in [0.05, 0.1) is 44.5 Å². The molecule has 4 aliphatic heterocycles. The molecular weight excluding hydrogens is 773 g/mol. The molecular formula is C49H50N4O8. The van der Waals surface area contributed by atoms with Crippen LogP contribution in [0.3, 0.4) is 0 Å². The molecule has 0 atom stereocenters. The quantitative estimate of drug-likeness (QED) is 0.167. The average Bonchev–Trinajstić information content (AvgIpc) is 3.82. The highest BCUT2D eigenvalue weighted by molar-refractivity contribution is 6.23. The zero-order chi connectivity index (χ0) is 44.0. The molecule has 12 heteroatoms. The maximum absolute atomic E-state index is 12.1. The highest BCUT2D eigenvalue weighted by atomic mass is 16.2. The van der Waals surface area contributed by atoms with Crippen LogP contribution < -0.4 is 0 Å². The Morgan fingerprint density at radius 3 is 0.639 bits per heavy atom. The van der Waals surface area contributed by atoms with E-state index in [1.54, 1.807) is 72.8 Å². The Hall–Kier alpha value is -7.34. The minimum Gasteiger partial charge on any atom is -0.277 e. The van der Waals surface area contributed by atoms with E-state index in [2.05, 4.69) is 0 Å². The van der Waals surface area contributed by atoms with E-state index >= 15 is 0 Å². The van der Waals surface area contributed by atoms with Crippen molar-refractivity contribution >= 4 is 47.3 Å². The number of nitrogens with zero attached hydrogens (tertiary/aromatic N) is 4. The van der Waals surface area contributed by atoms with Crippen LogP contribution in [-0.4, -0.2) is 95.0 Å². The van der Waals surface area contributed by atoms with Crippen molar-refractivity contribution in [3.8, 4) is 0 Å². The van der Waals surface area contributed by atoms with E-state index in [0.29, 0.717) is 57.3 Å². The van der Waals surface area contributed by atoms with E-state index in [-0.39, 0.29) is 54.7 Å². The summed E-state index contributed by atoms with van der Waals surface area (Å²) >= 11 is 0. The molecule has 0 saturated carbocycles. The summed E-state index contributed by atoms with van der Waals surface area (Å²) in [6, 6.07) is 32.7. The lowest BCUT2D eigenvalue weighted by Gasteiger charge is -2.05. The van der Waals surface area contributed by atoms with Gasteiger partial charge in [-0.15, -0.1) is 0 Å². The van der Waals surface area contributed by atoms with Gasteiger partial charge in [-0.25, -0.2) is 0 Å². The first-order chi connectivity index (χ1) is 28.8. The summed E-state index contributed by atoms with van der Waals surface area (Å²) in [5.41, 5.74) is 6.69. The molecule has 61 heavy (non-hydrogen) atoms. The summed E-state index contributed by atoms with van der Waals surface area (Å²) in [7, 11) is 5.85. The third kappa shape index (κ3) is 8.98. The molecule has 0 aromatic heterocycles. The topological polar surface area (TPSA) is 150 Å². The van der Waals surface area contributed by atoms with Crippen LogP contribution in [0.2, 0.25) is 0 Å². The second-order valence-electron chi connectivity index (χ2n) is 13.7. The van der Waals surface area contributed by atoms with Crippen LogP contribution in [-0.2, 0) is 12.8 Å². The van der Waals surface area contributed by atoms with Crippen molar-refractivity contribution in [3.05, 3.63) is 176 Å². The average molecular weight is 823 g/mol. The van der Waals surface area contributed by atoms with Crippen molar-refractivity contribution < 1.29 is 38.4 Å². The predicted molar refractivity (Wildman–Crippen MR) is 233 cm³/mol. The fourth-order valence-corrected chi connectivity index (χ4v) is 6.93. The van der Waals surface area contributed by atoms with Gasteiger partial charge in [0.2, 0.25) is 0 Å². The molecule has 5 aromatic carbocycles. The zero-order valence-electron chi connectivity index (χ0n) is 34.9. The number of carbonyl (C=O) groups is 8. The minimum atomic E-state index is -0.307. The minimum absolute atomic E-state index is 0. The lowest BCUT2D eigenvalue weighted by Crippen LogP contribution is -2.24. The van der Waals surface area contributed by atoms with Crippen molar-refractivity contribution in [1.29, 1.82) is 0 Å². The molecule has 5 aromatic rings. The first-order valence-corrected chi connectivity index (χ1v) is 19.6. The Labute approximate surface area is 356 Å². The standard InChI is InChI=1S/2C19H14N2O4.C6H6.2C2H6.CH4/c2*1-20-16(22)12-5-3-10(8-14(12)18(20)24)7-11-4-6-13-15(9-11)19(25)21(2)17(13)23;1-2-4-6-5-3-1;2*1-2;/h2*3-6,8-9H,7H2,1-2H3;1-6H;2*1-2H3;1H4. The number of carbonyl (C=O) groups excluding carboxylic acids is 8. The molecule has 0 unspecified atom stereocenters. The summed E-state index contributed by atoms with van der Waals surface area (Å²) in [6.07, 6.45) is 0.994. The number of hydrogen-bond donors (Lipinski definition) is 0. The Morgan fingerprint density at radius 2 is 0.459 bits per heavy atom. The Kier molecular flexibility index (Phi) is 14.9. The van der Waals surface area contributed by atoms with Gasteiger partial charge in [0.15, 0.2) is 0 Å². The van der Waals surface area contributed by atoms with Gasteiger partial charge in [0.1, 0.15) is 0 Å². The molecule has 4 aliphatic rings. The van der Waals surface area contributed by atoms with E-state index in [4.69, 9.17) is 0 Å². The van der Waals surface area contributed by atoms with Gasteiger partial charge >= 0.3 is 0 Å². The third-order valence-corrected chi connectivity index (χ3v) is 10.1. The molecule has 0 spiro atoms. The number of rotatable bonds is 4. The summed E-state index contributed by atoms with van der Waals surface area (Å²) in [6.45, 7) is 8.00. The summed E-state index contributed by atoms with van der Waals surface area (Å²) in [4.78, 5) is 101. The van der Waals surface area contributed by atoms with Crippen LogP contribution >= 0.6 is 0 Å². The first kappa shape index (κ1) is 46.4.